The highest BCUT2D eigenvalue weighted by atomic mass is 35.5. The van der Waals surface area contributed by atoms with Crippen molar-refractivity contribution in [3.63, 3.8) is 0 Å². The van der Waals surface area contributed by atoms with E-state index in [1.807, 2.05) is 12.1 Å². The normalized spacial score (nSPS) is 9.54. The van der Waals surface area contributed by atoms with Crippen molar-refractivity contribution in [1.29, 1.82) is 5.26 Å². The molecule has 4 heteroatoms. The van der Waals surface area contributed by atoms with E-state index in [4.69, 9.17) is 16.9 Å². The molecular formula is C9H9ClN2S. The predicted molar refractivity (Wildman–Crippen MR) is 54.8 cm³/mol. The van der Waals surface area contributed by atoms with Gasteiger partial charge in [0.2, 0.25) is 0 Å². The number of nitriles is 1. The summed E-state index contributed by atoms with van der Waals surface area (Å²) in [5.74, 6) is 0.933. The quantitative estimate of drug-likeness (QED) is 0.569. The van der Waals surface area contributed by atoms with Crippen LogP contribution < -0.4 is 0 Å². The molecule has 0 spiro atoms. The van der Waals surface area contributed by atoms with E-state index in [2.05, 4.69) is 11.1 Å². The zero-order chi connectivity index (χ0) is 9.52. The van der Waals surface area contributed by atoms with E-state index < -0.39 is 0 Å². The Morgan fingerprint density at radius 2 is 2.38 bits per heavy atom. The maximum absolute atomic E-state index is 8.31. The second-order valence-electron chi connectivity index (χ2n) is 2.42. The summed E-state index contributed by atoms with van der Waals surface area (Å²) < 4.78 is 0. The molecule has 0 aliphatic heterocycles. The van der Waals surface area contributed by atoms with E-state index in [1.165, 1.54) is 0 Å². The molecule has 0 saturated heterocycles. The van der Waals surface area contributed by atoms with E-state index in [1.54, 1.807) is 18.0 Å². The molecule has 0 radical (unpaired) electrons. The summed E-state index contributed by atoms with van der Waals surface area (Å²) in [6, 6.07) is 5.82. The molecule has 0 saturated carbocycles. The fraction of sp³-hybridized carbons (Fsp3) is 0.333. The maximum Gasteiger partial charge on any atom is 0.0960 e. The Kier molecular flexibility index (Phi) is 4.66. The zero-order valence-electron chi connectivity index (χ0n) is 7.03. The maximum atomic E-state index is 8.31. The summed E-state index contributed by atoms with van der Waals surface area (Å²) in [6.07, 6.45) is 3.15. The van der Waals surface area contributed by atoms with Crippen molar-refractivity contribution in [1.82, 2.24) is 4.98 Å². The highest BCUT2D eigenvalue weighted by Crippen LogP contribution is 2.18. The lowest BCUT2D eigenvalue weighted by molar-refractivity contribution is 0.977. The number of hydrogen-bond donors (Lipinski definition) is 0. The van der Waals surface area contributed by atoms with Crippen LogP contribution in [0.15, 0.2) is 23.4 Å². The van der Waals surface area contributed by atoms with Gasteiger partial charge in [0.15, 0.2) is 0 Å². The summed E-state index contributed by atoms with van der Waals surface area (Å²) in [5.41, 5.74) is 0. The van der Waals surface area contributed by atoms with Crippen molar-refractivity contribution < 1.29 is 0 Å². The van der Waals surface area contributed by atoms with Gasteiger partial charge >= 0.3 is 0 Å². The van der Waals surface area contributed by atoms with Gasteiger partial charge in [-0.15, -0.1) is 11.8 Å². The third kappa shape index (κ3) is 4.16. The standard InChI is InChI=1S/C9H9ClN2S/c10-8-3-4-9(12-7-8)13-6-2-1-5-11/h3-4,7H,1-2,6H2. The summed E-state index contributed by atoms with van der Waals surface area (Å²) in [4.78, 5) is 4.12. The molecule has 0 aliphatic rings. The highest BCUT2D eigenvalue weighted by Gasteiger charge is 1.94. The molecule has 0 aliphatic carbocycles. The Morgan fingerprint density at radius 3 is 3.00 bits per heavy atom. The van der Waals surface area contributed by atoms with Gasteiger partial charge < -0.3 is 0 Å². The third-order valence-electron chi connectivity index (χ3n) is 1.38. The van der Waals surface area contributed by atoms with Crippen LogP contribution in [0.3, 0.4) is 0 Å². The largest absolute Gasteiger partial charge is 0.248 e. The van der Waals surface area contributed by atoms with E-state index in [-0.39, 0.29) is 0 Å². The number of thioether (sulfide) groups is 1. The minimum Gasteiger partial charge on any atom is -0.248 e. The molecule has 0 fully saturated rings. The topological polar surface area (TPSA) is 36.7 Å². The Bertz CT molecular complexity index is 291. The molecule has 0 N–H and O–H groups in total. The van der Waals surface area contributed by atoms with Gasteiger partial charge in [-0.05, 0) is 18.6 Å². The van der Waals surface area contributed by atoms with Gasteiger partial charge in [0.05, 0.1) is 16.1 Å². The molecule has 0 atom stereocenters. The van der Waals surface area contributed by atoms with Crippen molar-refractivity contribution in [2.24, 2.45) is 0 Å². The smallest absolute Gasteiger partial charge is 0.0960 e. The lowest BCUT2D eigenvalue weighted by atomic mass is 10.4. The molecule has 0 aromatic carbocycles. The fourth-order valence-electron chi connectivity index (χ4n) is 0.776. The van der Waals surface area contributed by atoms with E-state index in [0.717, 1.165) is 17.2 Å². The fourth-order valence-corrected chi connectivity index (χ4v) is 1.68. The number of pyridine rings is 1. The predicted octanol–water partition coefficient (Wildman–Crippen LogP) is 3.13. The number of unbranched alkanes of at least 4 members (excludes halogenated alkanes) is 1. The van der Waals surface area contributed by atoms with Crippen LogP contribution >= 0.6 is 23.4 Å². The molecule has 1 aromatic heterocycles. The molecule has 68 valence electrons. The first kappa shape index (κ1) is 10.4. The van der Waals surface area contributed by atoms with Crippen LogP contribution in [0, 0.1) is 11.3 Å². The lowest BCUT2D eigenvalue weighted by Crippen LogP contribution is -1.82. The molecule has 13 heavy (non-hydrogen) atoms. The average Bonchev–Trinajstić information content (AvgIpc) is 2.15. The van der Waals surface area contributed by atoms with Gasteiger partial charge in [-0.1, -0.05) is 11.6 Å². The van der Waals surface area contributed by atoms with Crippen LogP contribution in [0.5, 0.6) is 0 Å². The molecule has 0 amide bonds. The summed E-state index contributed by atoms with van der Waals surface area (Å²) in [5, 5.41) is 9.92. The first-order valence-corrected chi connectivity index (χ1v) is 5.30. The van der Waals surface area contributed by atoms with E-state index in [9.17, 15) is 0 Å². The van der Waals surface area contributed by atoms with Crippen molar-refractivity contribution in [3.05, 3.63) is 23.4 Å². The van der Waals surface area contributed by atoms with Crippen molar-refractivity contribution in [3.8, 4) is 6.07 Å². The van der Waals surface area contributed by atoms with Gasteiger partial charge in [-0.2, -0.15) is 5.26 Å². The van der Waals surface area contributed by atoms with Crippen LogP contribution in [0.25, 0.3) is 0 Å². The average molecular weight is 213 g/mol. The Balaban J connectivity index is 2.30. The highest BCUT2D eigenvalue weighted by molar-refractivity contribution is 7.99. The minimum atomic E-state index is 0.612. The van der Waals surface area contributed by atoms with Crippen LogP contribution in [0.1, 0.15) is 12.8 Å². The molecule has 1 aromatic rings. The van der Waals surface area contributed by atoms with Crippen LogP contribution in [-0.2, 0) is 0 Å². The minimum absolute atomic E-state index is 0.612. The monoisotopic (exact) mass is 212 g/mol. The summed E-state index contributed by atoms with van der Waals surface area (Å²) in [7, 11) is 0. The molecule has 0 bridgehead atoms. The Hall–Kier alpha value is -0.720. The Labute approximate surface area is 86.9 Å². The molecular weight excluding hydrogens is 204 g/mol. The van der Waals surface area contributed by atoms with E-state index in [0.29, 0.717) is 11.4 Å². The number of nitrogens with zero attached hydrogens (tertiary/aromatic N) is 2. The van der Waals surface area contributed by atoms with Crippen LogP contribution in [0.2, 0.25) is 5.02 Å². The van der Waals surface area contributed by atoms with Gasteiger partial charge in [-0.25, -0.2) is 4.98 Å². The molecule has 0 unspecified atom stereocenters. The lowest BCUT2D eigenvalue weighted by Gasteiger charge is -1.97. The number of rotatable bonds is 4. The van der Waals surface area contributed by atoms with E-state index >= 15 is 0 Å². The molecule has 1 rings (SSSR count). The SMILES string of the molecule is N#CCCCSc1ccc(Cl)cn1. The molecule has 2 nitrogen and oxygen atoms in total. The summed E-state index contributed by atoms with van der Waals surface area (Å²) in [6.45, 7) is 0. The molecule has 1 heterocycles. The Morgan fingerprint density at radius 1 is 1.54 bits per heavy atom. The first-order valence-electron chi connectivity index (χ1n) is 3.94. The third-order valence-corrected chi connectivity index (χ3v) is 2.64. The van der Waals surface area contributed by atoms with Crippen molar-refractivity contribution >= 4 is 23.4 Å². The number of hydrogen-bond acceptors (Lipinski definition) is 3. The second kappa shape index (κ2) is 5.85. The van der Waals surface area contributed by atoms with Gasteiger partial charge in [0.1, 0.15) is 0 Å². The van der Waals surface area contributed by atoms with Crippen LogP contribution in [-0.4, -0.2) is 10.7 Å². The van der Waals surface area contributed by atoms with Crippen molar-refractivity contribution in [2.45, 2.75) is 17.9 Å². The van der Waals surface area contributed by atoms with Gasteiger partial charge in [0, 0.05) is 18.4 Å². The number of aromatic nitrogens is 1. The van der Waals surface area contributed by atoms with Crippen molar-refractivity contribution in [2.75, 3.05) is 5.75 Å². The number of halogens is 1. The second-order valence-corrected chi connectivity index (χ2v) is 3.98. The first-order chi connectivity index (χ1) is 6.33. The van der Waals surface area contributed by atoms with Crippen LogP contribution in [0.4, 0.5) is 0 Å². The van der Waals surface area contributed by atoms with Gasteiger partial charge in [-0.3, -0.25) is 0 Å². The zero-order valence-corrected chi connectivity index (χ0v) is 8.61. The van der Waals surface area contributed by atoms with Gasteiger partial charge in [0.25, 0.3) is 0 Å². The summed E-state index contributed by atoms with van der Waals surface area (Å²) >= 11 is 7.33.